The molecule has 138 valence electrons. The fourth-order valence-electron chi connectivity index (χ4n) is 3.25. The maximum absolute atomic E-state index is 12.3. The van der Waals surface area contributed by atoms with Crippen molar-refractivity contribution >= 4 is 23.2 Å². The highest BCUT2D eigenvalue weighted by Crippen LogP contribution is 2.16. The van der Waals surface area contributed by atoms with Crippen molar-refractivity contribution in [2.45, 2.75) is 19.4 Å². The largest absolute Gasteiger partial charge is 0.369 e. The van der Waals surface area contributed by atoms with Crippen LogP contribution in [0.3, 0.4) is 0 Å². The monoisotopic (exact) mass is 371 g/mol. The van der Waals surface area contributed by atoms with Gasteiger partial charge in [0.1, 0.15) is 0 Å². The normalized spacial score (nSPS) is 16.3. The van der Waals surface area contributed by atoms with Gasteiger partial charge in [-0.3, -0.25) is 9.69 Å². The molecule has 1 amide bonds. The van der Waals surface area contributed by atoms with Gasteiger partial charge in [0, 0.05) is 55.0 Å². The Morgan fingerprint density at radius 2 is 1.81 bits per heavy atom. The van der Waals surface area contributed by atoms with E-state index >= 15 is 0 Å². The number of anilines is 1. The maximum Gasteiger partial charge on any atom is 0.251 e. The summed E-state index contributed by atoms with van der Waals surface area (Å²) in [5.41, 5.74) is 1.91. The second-order valence-electron chi connectivity index (χ2n) is 6.84. The molecule has 5 heteroatoms. The first-order valence-electron chi connectivity index (χ1n) is 9.20. The van der Waals surface area contributed by atoms with Gasteiger partial charge in [-0.2, -0.15) is 0 Å². The Kier molecular flexibility index (Phi) is 6.53. The zero-order valence-corrected chi connectivity index (χ0v) is 16.0. The predicted octanol–water partition coefficient (Wildman–Crippen LogP) is 3.67. The number of hydrogen-bond acceptors (Lipinski definition) is 3. The van der Waals surface area contributed by atoms with Crippen molar-refractivity contribution in [2.75, 3.05) is 37.6 Å². The van der Waals surface area contributed by atoms with E-state index in [1.54, 1.807) is 24.3 Å². The van der Waals surface area contributed by atoms with Crippen LogP contribution in [-0.2, 0) is 0 Å². The lowest BCUT2D eigenvalue weighted by Gasteiger charge is -2.36. The molecule has 0 unspecified atom stereocenters. The Morgan fingerprint density at radius 1 is 1.08 bits per heavy atom. The molecule has 0 radical (unpaired) electrons. The first kappa shape index (κ1) is 18.7. The van der Waals surface area contributed by atoms with Gasteiger partial charge in [-0.05, 0) is 43.7 Å². The molecule has 1 aliphatic rings. The Morgan fingerprint density at radius 3 is 2.50 bits per heavy atom. The van der Waals surface area contributed by atoms with Gasteiger partial charge in [0.25, 0.3) is 5.91 Å². The number of nitrogens with one attached hydrogen (secondary N) is 1. The Balaban J connectivity index is 1.40. The molecule has 1 fully saturated rings. The van der Waals surface area contributed by atoms with Crippen molar-refractivity contribution in [3.8, 4) is 0 Å². The minimum absolute atomic E-state index is 0.0612. The fraction of sp³-hybridized carbons (Fsp3) is 0.381. The molecule has 1 atom stereocenters. The van der Waals surface area contributed by atoms with Gasteiger partial charge < -0.3 is 10.2 Å². The third-order valence-corrected chi connectivity index (χ3v) is 5.07. The number of rotatable bonds is 6. The highest BCUT2D eigenvalue weighted by molar-refractivity contribution is 6.30. The zero-order chi connectivity index (χ0) is 18.4. The minimum Gasteiger partial charge on any atom is -0.369 e. The van der Waals surface area contributed by atoms with Crippen LogP contribution in [-0.4, -0.2) is 49.6 Å². The van der Waals surface area contributed by atoms with Gasteiger partial charge in [0.2, 0.25) is 0 Å². The Labute approximate surface area is 160 Å². The smallest absolute Gasteiger partial charge is 0.251 e. The van der Waals surface area contributed by atoms with Crippen molar-refractivity contribution in [2.24, 2.45) is 0 Å². The topological polar surface area (TPSA) is 35.6 Å². The average molecular weight is 372 g/mol. The summed E-state index contributed by atoms with van der Waals surface area (Å²) in [7, 11) is 0. The summed E-state index contributed by atoms with van der Waals surface area (Å²) in [6.07, 6.45) is 0.942. The molecule has 0 bridgehead atoms. The first-order valence-corrected chi connectivity index (χ1v) is 9.58. The summed E-state index contributed by atoms with van der Waals surface area (Å²) < 4.78 is 0. The van der Waals surface area contributed by atoms with Crippen LogP contribution in [0.2, 0.25) is 5.02 Å². The molecule has 1 aliphatic heterocycles. The van der Waals surface area contributed by atoms with Crippen molar-refractivity contribution in [3.05, 3.63) is 65.2 Å². The van der Waals surface area contributed by atoms with Crippen LogP contribution < -0.4 is 10.2 Å². The van der Waals surface area contributed by atoms with Crippen LogP contribution in [0, 0.1) is 0 Å². The molecule has 0 spiro atoms. The molecule has 0 aromatic heterocycles. The average Bonchev–Trinajstić information content (AvgIpc) is 2.67. The SMILES string of the molecule is C[C@H](CCN1CCN(c2ccccc2)CC1)NC(=O)c1cccc(Cl)c1. The van der Waals surface area contributed by atoms with Gasteiger partial charge in [-0.1, -0.05) is 35.9 Å². The van der Waals surface area contributed by atoms with E-state index in [9.17, 15) is 4.79 Å². The molecule has 1 heterocycles. The molecule has 1 saturated heterocycles. The van der Waals surface area contributed by atoms with E-state index in [0.717, 1.165) is 39.1 Å². The number of carbonyl (C=O) groups excluding carboxylic acids is 1. The second-order valence-corrected chi connectivity index (χ2v) is 7.27. The van der Waals surface area contributed by atoms with Crippen LogP contribution in [0.5, 0.6) is 0 Å². The number of amides is 1. The molecule has 1 N–H and O–H groups in total. The molecule has 2 aromatic carbocycles. The van der Waals surface area contributed by atoms with Crippen LogP contribution in [0.15, 0.2) is 54.6 Å². The van der Waals surface area contributed by atoms with Gasteiger partial charge in [0.15, 0.2) is 0 Å². The summed E-state index contributed by atoms with van der Waals surface area (Å²) >= 11 is 5.95. The molecule has 0 aliphatic carbocycles. The highest BCUT2D eigenvalue weighted by atomic mass is 35.5. The second kappa shape index (κ2) is 9.06. The number of piperazine rings is 1. The molecule has 3 rings (SSSR count). The van der Waals surface area contributed by atoms with E-state index in [2.05, 4.69) is 52.4 Å². The van der Waals surface area contributed by atoms with Crippen molar-refractivity contribution in [1.29, 1.82) is 0 Å². The van der Waals surface area contributed by atoms with E-state index in [-0.39, 0.29) is 11.9 Å². The summed E-state index contributed by atoms with van der Waals surface area (Å²) in [6.45, 7) is 7.27. The van der Waals surface area contributed by atoms with Crippen LogP contribution >= 0.6 is 11.6 Å². The van der Waals surface area contributed by atoms with Crippen molar-refractivity contribution in [1.82, 2.24) is 10.2 Å². The lowest BCUT2D eigenvalue weighted by atomic mass is 10.1. The summed E-state index contributed by atoms with van der Waals surface area (Å²) in [4.78, 5) is 17.2. The lowest BCUT2D eigenvalue weighted by molar-refractivity contribution is 0.0935. The van der Waals surface area contributed by atoms with Crippen LogP contribution in [0.25, 0.3) is 0 Å². The van der Waals surface area contributed by atoms with Gasteiger partial charge in [-0.25, -0.2) is 0 Å². The van der Waals surface area contributed by atoms with Gasteiger partial charge in [0.05, 0.1) is 0 Å². The molecule has 4 nitrogen and oxygen atoms in total. The fourth-order valence-corrected chi connectivity index (χ4v) is 3.44. The molecular formula is C21H26ClN3O. The first-order chi connectivity index (χ1) is 12.6. The maximum atomic E-state index is 12.3. The predicted molar refractivity (Wildman–Crippen MR) is 108 cm³/mol. The molecule has 26 heavy (non-hydrogen) atoms. The summed E-state index contributed by atoms with van der Waals surface area (Å²) in [5, 5.41) is 3.65. The van der Waals surface area contributed by atoms with Crippen molar-refractivity contribution in [3.63, 3.8) is 0 Å². The highest BCUT2D eigenvalue weighted by Gasteiger charge is 2.18. The van der Waals surface area contributed by atoms with Crippen molar-refractivity contribution < 1.29 is 4.79 Å². The third kappa shape index (κ3) is 5.23. The third-order valence-electron chi connectivity index (χ3n) is 4.84. The Hall–Kier alpha value is -2.04. The quantitative estimate of drug-likeness (QED) is 0.841. The number of nitrogens with zero attached hydrogens (tertiary/aromatic N) is 2. The lowest BCUT2D eigenvalue weighted by Crippen LogP contribution is -2.47. The Bertz CT molecular complexity index is 714. The summed E-state index contributed by atoms with van der Waals surface area (Å²) in [6, 6.07) is 17.8. The van der Waals surface area contributed by atoms with Gasteiger partial charge in [-0.15, -0.1) is 0 Å². The molecule has 2 aromatic rings. The standard InChI is InChI=1S/C21H26ClN3O/c1-17(23-21(26)18-6-5-7-19(22)16-18)10-11-24-12-14-25(15-13-24)20-8-3-2-4-9-20/h2-9,16-17H,10-15H2,1H3,(H,23,26)/t17-/m1/s1. The van der Waals surface area contributed by atoms with E-state index in [4.69, 9.17) is 11.6 Å². The van der Waals surface area contributed by atoms with E-state index in [1.807, 2.05) is 0 Å². The number of hydrogen-bond donors (Lipinski definition) is 1. The van der Waals surface area contributed by atoms with E-state index in [1.165, 1.54) is 5.69 Å². The molecule has 0 saturated carbocycles. The molecular weight excluding hydrogens is 346 g/mol. The number of para-hydroxylation sites is 1. The summed E-state index contributed by atoms with van der Waals surface area (Å²) in [5.74, 6) is -0.0612. The van der Waals surface area contributed by atoms with E-state index < -0.39 is 0 Å². The van der Waals surface area contributed by atoms with Crippen LogP contribution in [0.4, 0.5) is 5.69 Å². The minimum atomic E-state index is -0.0612. The van der Waals surface area contributed by atoms with Gasteiger partial charge >= 0.3 is 0 Å². The van der Waals surface area contributed by atoms with Crippen LogP contribution in [0.1, 0.15) is 23.7 Å². The number of carbonyl (C=O) groups is 1. The number of halogens is 1. The zero-order valence-electron chi connectivity index (χ0n) is 15.2. The van der Waals surface area contributed by atoms with E-state index in [0.29, 0.717) is 10.6 Å². The number of benzene rings is 2.